The van der Waals surface area contributed by atoms with E-state index in [4.69, 9.17) is 4.74 Å². The van der Waals surface area contributed by atoms with Crippen LogP contribution < -0.4 is 16.6 Å². The molecule has 0 unspecified atom stereocenters. The van der Waals surface area contributed by atoms with E-state index in [1.54, 1.807) is 4.57 Å². The van der Waals surface area contributed by atoms with E-state index in [-0.39, 0.29) is 34.8 Å². The van der Waals surface area contributed by atoms with E-state index < -0.39 is 23.1 Å². The standard InChI is InChI=1S/C23H31FN4O4/c1-23(2,3)32-21(30)26-15-8-10-17(11-9-15)28-20(29)18-12-14(24)13-25-19(18)27(22(28)31)16-6-4-5-7-16/h12-13,15-17H,4-11H2,1-3H3,(H,26,30). The predicted molar refractivity (Wildman–Crippen MR) is 118 cm³/mol. The zero-order valence-corrected chi connectivity index (χ0v) is 18.9. The number of amides is 1. The van der Waals surface area contributed by atoms with E-state index in [9.17, 15) is 18.8 Å². The van der Waals surface area contributed by atoms with Crippen LogP contribution in [0.3, 0.4) is 0 Å². The van der Waals surface area contributed by atoms with E-state index in [1.165, 1.54) is 10.6 Å². The molecular formula is C23H31FN4O4. The number of ether oxygens (including phenoxy) is 1. The molecule has 0 radical (unpaired) electrons. The second kappa shape index (κ2) is 8.67. The normalized spacial score (nSPS) is 22.2. The van der Waals surface area contributed by atoms with Crippen molar-refractivity contribution in [3.8, 4) is 0 Å². The summed E-state index contributed by atoms with van der Waals surface area (Å²) in [5.41, 5.74) is -1.16. The van der Waals surface area contributed by atoms with Crippen molar-refractivity contribution in [3.63, 3.8) is 0 Å². The van der Waals surface area contributed by atoms with Crippen LogP contribution in [0, 0.1) is 5.82 Å². The molecule has 32 heavy (non-hydrogen) atoms. The van der Waals surface area contributed by atoms with Crippen LogP contribution in [0.1, 0.15) is 84.2 Å². The fourth-order valence-electron chi connectivity index (χ4n) is 4.97. The largest absolute Gasteiger partial charge is 0.444 e. The van der Waals surface area contributed by atoms with Crippen molar-refractivity contribution >= 4 is 17.1 Å². The van der Waals surface area contributed by atoms with Crippen LogP contribution in [0.2, 0.25) is 0 Å². The molecule has 0 spiro atoms. The SMILES string of the molecule is CC(C)(C)OC(=O)NC1CCC(n2c(=O)c3cc(F)cnc3n(C3CCCC3)c2=O)CC1. The van der Waals surface area contributed by atoms with Crippen molar-refractivity contribution in [2.24, 2.45) is 0 Å². The number of nitrogens with zero attached hydrogens (tertiary/aromatic N) is 3. The highest BCUT2D eigenvalue weighted by molar-refractivity contribution is 5.73. The molecule has 2 fully saturated rings. The zero-order valence-electron chi connectivity index (χ0n) is 18.9. The number of carbonyl (C=O) groups excluding carboxylic acids is 1. The van der Waals surface area contributed by atoms with Gasteiger partial charge in [-0.1, -0.05) is 12.8 Å². The quantitative estimate of drug-likeness (QED) is 0.773. The Kier molecular flexibility index (Phi) is 6.09. The average molecular weight is 447 g/mol. The lowest BCUT2D eigenvalue weighted by Gasteiger charge is -2.31. The lowest BCUT2D eigenvalue weighted by atomic mass is 9.91. The Bertz CT molecular complexity index is 1120. The lowest BCUT2D eigenvalue weighted by molar-refractivity contribution is 0.0487. The van der Waals surface area contributed by atoms with E-state index in [1.807, 2.05) is 20.8 Å². The first-order chi connectivity index (χ1) is 15.1. The summed E-state index contributed by atoms with van der Waals surface area (Å²) in [7, 11) is 0. The maximum absolute atomic E-state index is 13.9. The molecule has 2 saturated carbocycles. The minimum absolute atomic E-state index is 0.0278. The number of carbonyl (C=O) groups is 1. The highest BCUT2D eigenvalue weighted by Crippen LogP contribution is 2.31. The molecule has 2 aliphatic rings. The number of halogens is 1. The van der Waals surface area contributed by atoms with Crippen LogP contribution in [-0.2, 0) is 4.74 Å². The van der Waals surface area contributed by atoms with Gasteiger partial charge in [0, 0.05) is 18.1 Å². The second-order valence-electron chi connectivity index (χ2n) is 9.94. The van der Waals surface area contributed by atoms with Gasteiger partial charge in [-0.05, 0) is 65.4 Å². The van der Waals surface area contributed by atoms with Gasteiger partial charge >= 0.3 is 11.8 Å². The van der Waals surface area contributed by atoms with Crippen LogP contribution >= 0.6 is 0 Å². The van der Waals surface area contributed by atoms with Crippen LogP contribution in [0.15, 0.2) is 21.9 Å². The Morgan fingerprint density at radius 1 is 1.06 bits per heavy atom. The number of alkyl carbamates (subject to hydrolysis) is 1. The summed E-state index contributed by atoms with van der Waals surface area (Å²) < 4.78 is 22.2. The van der Waals surface area contributed by atoms with E-state index in [0.29, 0.717) is 25.7 Å². The molecule has 8 nitrogen and oxygen atoms in total. The number of rotatable bonds is 3. The summed E-state index contributed by atoms with van der Waals surface area (Å²) in [5, 5.41) is 3.02. The Morgan fingerprint density at radius 3 is 2.31 bits per heavy atom. The molecule has 1 N–H and O–H groups in total. The Labute approximate surface area is 185 Å². The highest BCUT2D eigenvalue weighted by Gasteiger charge is 2.30. The van der Waals surface area contributed by atoms with Crippen LogP contribution in [-0.4, -0.2) is 31.9 Å². The summed E-state index contributed by atoms with van der Waals surface area (Å²) in [4.78, 5) is 42.9. The molecule has 9 heteroatoms. The number of hydrogen-bond acceptors (Lipinski definition) is 5. The smallest absolute Gasteiger partial charge is 0.407 e. The van der Waals surface area contributed by atoms with Crippen LogP contribution in [0.5, 0.6) is 0 Å². The topological polar surface area (TPSA) is 95.2 Å². The number of fused-ring (bicyclic) bond motifs is 1. The molecule has 2 aliphatic carbocycles. The second-order valence-corrected chi connectivity index (χ2v) is 9.94. The Balaban J connectivity index is 1.62. The molecule has 174 valence electrons. The summed E-state index contributed by atoms with van der Waals surface area (Å²) in [6.07, 6.45) is 6.69. The summed E-state index contributed by atoms with van der Waals surface area (Å²) >= 11 is 0. The first-order valence-electron chi connectivity index (χ1n) is 11.5. The van der Waals surface area contributed by atoms with Gasteiger partial charge in [0.2, 0.25) is 0 Å². The van der Waals surface area contributed by atoms with Crippen molar-refractivity contribution in [2.45, 2.75) is 95.9 Å². The van der Waals surface area contributed by atoms with Crippen molar-refractivity contribution in [3.05, 3.63) is 38.9 Å². The lowest BCUT2D eigenvalue weighted by Crippen LogP contribution is -2.46. The van der Waals surface area contributed by atoms with Gasteiger partial charge in [-0.15, -0.1) is 0 Å². The van der Waals surface area contributed by atoms with Crippen LogP contribution in [0.4, 0.5) is 9.18 Å². The predicted octanol–water partition coefficient (Wildman–Crippen LogP) is 3.82. The molecule has 2 aromatic heterocycles. The Hall–Kier alpha value is -2.71. The maximum atomic E-state index is 13.9. The van der Waals surface area contributed by atoms with Gasteiger partial charge in [0.25, 0.3) is 5.56 Å². The van der Waals surface area contributed by atoms with Gasteiger partial charge in [0.05, 0.1) is 11.6 Å². The average Bonchev–Trinajstić information content (AvgIpc) is 3.23. The summed E-state index contributed by atoms with van der Waals surface area (Å²) in [6, 6.07) is 0.780. The molecule has 0 aromatic carbocycles. The summed E-state index contributed by atoms with van der Waals surface area (Å²) in [5.74, 6) is -0.594. The third kappa shape index (κ3) is 4.56. The van der Waals surface area contributed by atoms with E-state index in [2.05, 4.69) is 10.3 Å². The molecule has 0 saturated heterocycles. The highest BCUT2D eigenvalue weighted by atomic mass is 19.1. The van der Waals surface area contributed by atoms with Crippen molar-refractivity contribution < 1.29 is 13.9 Å². The van der Waals surface area contributed by atoms with Gasteiger partial charge in [-0.2, -0.15) is 0 Å². The number of nitrogens with one attached hydrogen (secondary N) is 1. The van der Waals surface area contributed by atoms with Gasteiger partial charge in [-0.3, -0.25) is 13.9 Å². The molecule has 0 aliphatic heterocycles. The molecule has 1 amide bonds. The number of pyridine rings is 1. The molecular weight excluding hydrogens is 415 g/mol. The van der Waals surface area contributed by atoms with Crippen LogP contribution in [0.25, 0.3) is 11.0 Å². The fourth-order valence-corrected chi connectivity index (χ4v) is 4.97. The summed E-state index contributed by atoms with van der Waals surface area (Å²) in [6.45, 7) is 5.42. The number of aromatic nitrogens is 3. The molecule has 0 atom stereocenters. The monoisotopic (exact) mass is 446 g/mol. The van der Waals surface area contributed by atoms with Gasteiger partial charge in [0.1, 0.15) is 17.1 Å². The molecule has 2 aromatic rings. The molecule has 2 heterocycles. The van der Waals surface area contributed by atoms with Gasteiger partial charge in [-0.25, -0.2) is 19.0 Å². The maximum Gasteiger partial charge on any atom is 0.407 e. The molecule has 0 bridgehead atoms. The van der Waals surface area contributed by atoms with Crippen molar-refractivity contribution in [1.29, 1.82) is 0 Å². The Morgan fingerprint density at radius 2 is 1.69 bits per heavy atom. The minimum Gasteiger partial charge on any atom is -0.444 e. The third-order valence-corrected chi connectivity index (χ3v) is 6.40. The van der Waals surface area contributed by atoms with E-state index in [0.717, 1.165) is 31.9 Å². The number of hydrogen-bond donors (Lipinski definition) is 1. The van der Waals surface area contributed by atoms with Crippen molar-refractivity contribution in [1.82, 2.24) is 19.4 Å². The van der Waals surface area contributed by atoms with Gasteiger partial charge in [0.15, 0.2) is 0 Å². The fraction of sp³-hybridized carbons (Fsp3) is 0.652. The first kappa shape index (κ1) is 22.5. The van der Waals surface area contributed by atoms with E-state index >= 15 is 0 Å². The van der Waals surface area contributed by atoms with Crippen molar-refractivity contribution in [2.75, 3.05) is 0 Å². The van der Waals surface area contributed by atoms with Gasteiger partial charge < -0.3 is 10.1 Å². The third-order valence-electron chi connectivity index (χ3n) is 6.40. The first-order valence-corrected chi connectivity index (χ1v) is 11.5. The molecule has 4 rings (SSSR count). The minimum atomic E-state index is -0.594. The zero-order chi connectivity index (χ0) is 23.0.